The van der Waals surface area contributed by atoms with Gasteiger partial charge in [-0.1, -0.05) is 60.7 Å². The number of hydrogen-bond donors (Lipinski definition) is 2. The number of alkyl carbamates (subject to hydrolysis) is 1. The van der Waals surface area contributed by atoms with E-state index < -0.39 is 42.4 Å². The molecule has 2 aromatic carbocycles. The van der Waals surface area contributed by atoms with E-state index in [-0.39, 0.29) is 13.2 Å². The van der Waals surface area contributed by atoms with Gasteiger partial charge in [0.2, 0.25) is 0 Å². The van der Waals surface area contributed by atoms with E-state index in [9.17, 15) is 24.3 Å². The number of benzene rings is 2. The number of nitrogens with zero attached hydrogens (tertiary/aromatic N) is 1. The normalized spacial score (nSPS) is 11.6. The summed E-state index contributed by atoms with van der Waals surface area (Å²) in [6, 6.07) is 15.5. The molecule has 0 bridgehead atoms. The molecular formula is C24H28N2O8. The van der Waals surface area contributed by atoms with Crippen LogP contribution in [0, 0.1) is 0 Å². The van der Waals surface area contributed by atoms with Gasteiger partial charge in [-0.3, -0.25) is 0 Å². The molecule has 34 heavy (non-hydrogen) atoms. The summed E-state index contributed by atoms with van der Waals surface area (Å²) in [6.45, 7) is 3.88. The van der Waals surface area contributed by atoms with Crippen LogP contribution in [0.3, 0.4) is 0 Å². The van der Waals surface area contributed by atoms with Gasteiger partial charge in [0.15, 0.2) is 6.04 Å². The van der Waals surface area contributed by atoms with Gasteiger partial charge in [-0.25, -0.2) is 19.2 Å². The van der Waals surface area contributed by atoms with E-state index >= 15 is 0 Å². The molecule has 0 aliphatic carbocycles. The minimum absolute atomic E-state index is 0.200. The van der Waals surface area contributed by atoms with Crippen LogP contribution in [0.1, 0.15) is 31.9 Å². The van der Waals surface area contributed by atoms with Crippen molar-refractivity contribution in [2.45, 2.75) is 45.6 Å². The highest BCUT2D eigenvalue weighted by Crippen LogP contribution is 2.12. The maximum Gasteiger partial charge on any atom is 0.420 e. The molecule has 1 atom stereocenters. The lowest BCUT2D eigenvalue weighted by Gasteiger charge is -2.26. The highest BCUT2D eigenvalue weighted by atomic mass is 16.6. The number of aliphatic carboxylic acids is 1. The molecule has 0 aliphatic rings. The van der Waals surface area contributed by atoms with Gasteiger partial charge in [0.05, 0.1) is 6.54 Å². The van der Waals surface area contributed by atoms with E-state index in [1.807, 2.05) is 0 Å². The Balaban J connectivity index is 2.17. The number of carbonyl (C=O) groups excluding carboxylic acids is 3. The minimum atomic E-state index is -1.81. The molecular weight excluding hydrogens is 444 g/mol. The lowest BCUT2D eigenvalue weighted by atomic mass is 10.2. The van der Waals surface area contributed by atoms with Crippen molar-refractivity contribution in [3.05, 3.63) is 71.8 Å². The van der Waals surface area contributed by atoms with Crippen molar-refractivity contribution in [3.63, 3.8) is 0 Å². The van der Waals surface area contributed by atoms with Gasteiger partial charge in [0, 0.05) is 0 Å². The molecule has 0 spiro atoms. The molecule has 10 nitrogen and oxygen atoms in total. The van der Waals surface area contributed by atoms with Gasteiger partial charge in [0.25, 0.3) is 0 Å². The maximum absolute atomic E-state index is 12.8. The van der Waals surface area contributed by atoms with Crippen LogP contribution in [0.15, 0.2) is 60.7 Å². The zero-order chi connectivity index (χ0) is 25.1. The summed E-state index contributed by atoms with van der Waals surface area (Å²) >= 11 is 0. The van der Waals surface area contributed by atoms with Gasteiger partial charge in [-0.2, -0.15) is 4.90 Å². The monoisotopic (exact) mass is 472 g/mol. The number of amides is 3. The number of nitrogens with one attached hydrogen (secondary N) is 1. The molecule has 0 radical (unpaired) electrons. The molecule has 0 heterocycles. The number of ether oxygens (including phenoxy) is 3. The number of hydrogen-bond acceptors (Lipinski definition) is 7. The van der Waals surface area contributed by atoms with Gasteiger partial charge in [-0.15, -0.1) is 0 Å². The Labute approximate surface area is 197 Å². The van der Waals surface area contributed by atoms with Crippen molar-refractivity contribution in [3.8, 4) is 0 Å². The summed E-state index contributed by atoms with van der Waals surface area (Å²) in [7, 11) is 0. The molecule has 2 N–H and O–H groups in total. The molecule has 0 aromatic heterocycles. The van der Waals surface area contributed by atoms with Crippen LogP contribution in [-0.4, -0.2) is 52.4 Å². The van der Waals surface area contributed by atoms with Crippen LogP contribution in [0.4, 0.5) is 14.4 Å². The Hall–Kier alpha value is -4.08. The minimum Gasteiger partial charge on any atom is -0.480 e. The average molecular weight is 472 g/mol. The fourth-order valence-electron chi connectivity index (χ4n) is 2.69. The summed E-state index contributed by atoms with van der Waals surface area (Å²) in [4.78, 5) is 49.8. The van der Waals surface area contributed by atoms with Crippen molar-refractivity contribution in [1.29, 1.82) is 0 Å². The topological polar surface area (TPSA) is 131 Å². The molecule has 0 fully saturated rings. The summed E-state index contributed by atoms with van der Waals surface area (Å²) in [5, 5.41) is 12.0. The van der Waals surface area contributed by atoms with E-state index in [2.05, 4.69) is 5.32 Å². The van der Waals surface area contributed by atoms with Gasteiger partial charge in [0.1, 0.15) is 18.8 Å². The van der Waals surface area contributed by atoms with Gasteiger partial charge >= 0.3 is 24.2 Å². The van der Waals surface area contributed by atoms with E-state index in [0.29, 0.717) is 16.0 Å². The van der Waals surface area contributed by atoms with E-state index in [0.717, 1.165) is 0 Å². The van der Waals surface area contributed by atoms with Crippen LogP contribution < -0.4 is 5.32 Å². The second kappa shape index (κ2) is 12.2. The van der Waals surface area contributed by atoms with Crippen molar-refractivity contribution in [2.75, 3.05) is 6.54 Å². The van der Waals surface area contributed by atoms with Crippen molar-refractivity contribution < 1.29 is 38.5 Å². The molecule has 2 rings (SSSR count). The van der Waals surface area contributed by atoms with Crippen LogP contribution in [-0.2, 0) is 32.2 Å². The quantitative estimate of drug-likeness (QED) is 0.552. The fraction of sp³-hybridized carbons (Fsp3) is 0.333. The first-order valence-electron chi connectivity index (χ1n) is 10.5. The van der Waals surface area contributed by atoms with Crippen LogP contribution in [0.2, 0.25) is 0 Å². The Bertz CT molecular complexity index is 918. The summed E-state index contributed by atoms with van der Waals surface area (Å²) in [6.07, 6.45) is -3.38. The predicted octanol–water partition coefficient (Wildman–Crippen LogP) is 3.94. The standard InChI is InChI=1S/C24H28N2O8/c1-24(2,3)34-21(29)25-14-19(20(27)28)26(22(30)32-15-17-10-6-4-7-11-17)23(31)33-16-18-12-8-5-9-13-18/h4-13,19H,14-16H2,1-3H3,(H,25,29)(H,27,28)/t19-/m0/s1. The first kappa shape index (κ1) is 26.2. The van der Waals surface area contributed by atoms with Crippen LogP contribution >= 0.6 is 0 Å². The Kier molecular flexibility index (Phi) is 9.42. The number of imide groups is 1. The smallest absolute Gasteiger partial charge is 0.420 e. The summed E-state index contributed by atoms with van der Waals surface area (Å²) in [5.41, 5.74) is 0.436. The Morgan fingerprint density at radius 2 is 1.29 bits per heavy atom. The molecule has 3 amide bonds. The number of carbonyl (C=O) groups is 4. The first-order valence-corrected chi connectivity index (χ1v) is 10.5. The van der Waals surface area contributed by atoms with Crippen molar-refractivity contribution in [2.24, 2.45) is 0 Å². The molecule has 2 aromatic rings. The fourth-order valence-corrected chi connectivity index (χ4v) is 2.69. The average Bonchev–Trinajstić information content (AvgIpc) is 2.78. The van der Waals surface area contributed by atoms with E-state index in [1.54, 1.807) is 81.4 Å². The molecule has 10 heteroatoms. The number of rotatable bonds is 8. The van der Waals surface area contributed by atoms with E-state index in [1.165, 1.54) is 0 Å². The lowest BCUT2D eigenvalue weighted by Crippen LogP contribution is -2.54. The van der Waals surface area contributed by atoms with Crippen LogP contribution in [0.5, 0.6) is 0 Å². The maximum atomic E-state index is 12.8. The number of carboxylic acids is 1. The third-order valence-electron chi connectivity index (χ3n) is 4.24. The lowest BCUT2D eigenvalue weighted by molar-refractivity contribution is -0.142. The highest BCUT2D eigenvalue weighted by molar-refractivity contribution is 5.93. The molecule has 182 valence electrons. The second-order valence-corrected chi connectivity index (χ2v) is 8.19. The molecule has 0 aliphatic heterocycles. The second-order valence-electron chi connectivity index (χ2n) is 8.19. The Morgan fingerprint density at radius 1 is 0.853 bits per heavy atom. The molecule has 0 unspecified atom stereocenters. The first-order chi connectivity index (χ1) is 16.1. The molecule has 0 saturated carbocycles. The third kappa shape index (κ3) is 8.81. The number of carboxylic acid groups (broad SMARTS) is 1. The Morgan fingerprint density at radius 3 is 1.68 bits per heavy atom. The van der Waals surface area contributed by atoms with Crippen molar-refractivity contribution >= 4 is 24.2 Å². The summed E-state index contributed by atoms with van der Waals surface area (Å²) < 4.78 is 15.4. The van der Waals surface area contributed by atoms with Crippen molar-refractivity contribution in [1.82, 2.24) is 10.2 Å². The summed E-state index contributed by atoms with van der Waals surface area (Å²) in [5.74, 6) is -1.55. The third-order valence-corrected chi connectivity index (χ3v) is 4.24. The zero-order valence-electron chi connectivity index (χ0n) is 19.2. The van der Waals surface area contributed by atoms with E-state index in [4.69, 9.17) is 14.2 Å². The predicted molar refractivity (Wildman–Crippen MR) is 121 cm³/mol. The van der Waals surface area contributed by atoms with Crippen LogP contribution in [0.25, 0.3) is 0 Å². The molecule has 0 saturated heterocycles. The highest BCUT2D eigenvalue weighted by Gasteiger charge is 2.38. The largest absolute Gasteiger partial charge is 0.480 e. The van der Waals surface area contributed by atoms with Gasteiger partial charge in [-0.05, 0) is 31.9 Å². The van der Waals surface area contributed by atoms with Gasteiger partial charge < -0.3 is 24.6 Å². The zero-order valence-corrected chi connectivity index (χ0v) is 19.2. The SMILES string of the molecule is CC(C)(C)OC(=O)NC[C@@H](C(=O)O)N(C(=O)OCc1ccccc1)C(=O)OCc1ccccc1.